The molecule has 0 aliphatic rings. The van der Waals surface area contributed by atoms with Gasteiger partial charge in [-0.15, -0.1) is 11.3 Å². The Balaban J connectivity index is 1.54. The molecule has 0 spiro atoms. The molecule has 0 atom stereocenters. The minimum atomic E-state index is -0.122. The van der Waals surface area contributed by atoms with Crippen LogP contribution in [0.4, 0.5) is 5.69 Å². The van der Waals surface area contributed by atoms with E-state index in [1.54, 1.807) is 22.3 Å². The Kier molecular flexibility index (Phi) is 3.35. The van der Waals surface area contributed by atoms with Gasteiger partial charge in [-0.25, -0.2) is 14.6 Å². The first kappa shape index (κ1) is 13.6. The van der Waals surface area contributed by atoms with Crippen molar-refractivity contribution in [3.63, 3.8) is 0 Å². The van der Waals surface area contributed by atoms with Gasteiger partial charge in [-0.1, -0.05) is 12.1 Å². The number of nitrogens with zero attached hydrogens (tertiary/aromatic N) is 5. The molecule has 4 rings (SSSR count). The van der Waals surface area contributed by atoms with Gasteiger partial charge in [0.25, 0.3) is 0 Å². The molecule has 7 nitrogen and oxygen atoms in total. The Hall–Kier alpha value is -3.00. The maximum absolute atomic E-state index is 12.3. The van der Waals surface area contributed by atoms with Crippen molar-refractivity contribution in [2.75, 3.05) is 5.32 Å². The average Bonchev–Trinajstić information content (AvgIpc) is 3.24. The average molecular weight is 324 g/mol. The first-order valence-electron chi connectivity index (χ1n) is 6.94. The number of aromatic nitrogens is 5. The van der Waals surface area contributed by atoms with E-state index < -0.39 is 0 Å². The normalized spacial score (nSPS) is 11.0. The summed E-state index contributed by atoms with van der Waals surface area (Å²) in [5.74, 6) is -0.122. The number of rotatable bonds is 4. The maximum Gasteiger partial charge on any atom is 0.230 e. The summed E-state index contributed by atoms with van der Waals surface area (Å²) in [6.07, 6.45) is 7.06. The predicted octanol–water partition coefficient (Wildman–Crippen LogP) is 2.16. The molecule has 0 bridgehead atoms. The summed E-state index contributed by atoms with van der Waals surface area (Å²) in [6, 6.07) is 7.45. The van der Waals surface area contributed by atoms with Gasteiger partial charge < -0.3 is 5.32 Å². The van der Waals surface area contributed by atoms with Crippen LogP contribution in [0.1, 0.15) is 5.69 Å². The van der Waals surface area contributed by atoms with E-state index in [0.29, 0.717) is 5.69 Å². The molecule has 0 radical (unpaired) electrons. The highest BCUT2D eigenvalue weighted by atomic mass is 32.1. The molecule has 0 fully saturated rings. The predicted molar refractivity (Wildman–Crippen MR) is 86.8 cm³/mol. The molecule has 4 aromatic rings. The highest BCUT2D eigenvalue weighted by Crippen LogP contribution is 2.19. The highest BCUT2D eigenvalue weighted by molar-refractivity contribution is 7.15. The Morgan fingerprint density at radius 3 is 3.04 bits per heavy atom. The van der Waals surface area contributed by atoms with Gasteiger partial charge in [0.05, 0.1) is 23.5 Å². The quantitative estimate of drug-likeness (QED) is 0.624. The van der Waals surface area contributed by atoms with Crippen LogP contribution < -0.4 is 5.32 Å². The number of fused-ring (bicyclic) bond motifs is 1. The number of carbonyl (C=O) groups excluding carboxylic acids is 1. The lowest BCUT2D eigenvalue weighted by molar-refractivity contribution is -0.115. The summed E-state index contributed by atoms with van der Waals surface area (Å²) in [5.41, 5.74) is 2.20. The molecule has 3 heterocycles. The van der Waals surface area contributed by atoms with Gasteiger partial charge in [0.15, 0.2) is 4.96 Å². The highest BCUT2D eigenvalue weighted by Gasteiger charge is 2.11. The number of nitrogens with one attached hydrogen (secondary N) is 1. The second-order valence-electron chi connectivity index (χ2n) is 4.91. The maximum atomic E-state index is 12.3. The van der Waals surface area contributed by atoms with Crippen LogP contribution >= 0.6 is 11.3 Å². The third-order valence-corrected chi connectivity index (χ3v) is 4.10. The lowest BCUT2D eigenvalue weighted by Gasteiger charge is -2.10. The van der Waals surface area contributed by atoms with Crippen molar-refractivity contribution < 1.29 is 4.79 Å². The molecule has 1 amide bonds. The lowest BCUT2D eigenvalue weighted by Crippen LogP contribution is -2.16. The molecule has 0 saturated heterocycles. The van der Waals surface area contributed by atoms with E-state index >= 15 is 0 Å². The minimum Gasteiger partial charge on any atom is -0.324 e. The van der Waals surface area contributed by atoms with Crippen LogP contribution in [0.2, 0.25) is 0 Å². The second-order valence-corrected chi connectivity index (χ2v) is 5.78. The van der Waals surface area contributed by atoms with Gasteiger partial charge in [0, 0.05) is 17.8 Å². The summed E-state index contributed by atoms with van der Waals surface area (Å²) in [4.78, 5) is 21.5. The molecule has 8 heteroatoms. The fourth-order valence-corrected chi connectivity index (χ4v) is 3.05. The molecule has 3 aromatic heterocycles. The largest absolute Gasteiger partial charge is 0.324 e. The zero-order chi connectivity index (χ0) is 15.6. The topological polar surface area (TPSA) is 77.1 Å². The standard InChI is InChI=1S/C15H12N6OS/c22-14(7-11-8-20-5-6-23-15(20)18-11)19-12-3-1-2-4-13(12)21-10-16-9-17-21/h1-6,8-10H,7H2,(H,19,22). The molecule has 1 aromatic carbocycles. The lowest BCUT2D eigenvalue weighted by atomic mass is 10.2. The van der Waals surface area contributed by atoms with Crippen molar-refractivity contribution >= 4 is 27.9 Å². The minimum absolute atomic E-state index is 0.122. The van der Waals surface area contributed by atoms with Crippen LogP contribution in [0.25, 0.3) is 10.6 Å². The van der Waals surface area contributed by atoms with Crippen LogP contribution in [0.5, 0.6) is 0 Å². The molecule has 0 aliphatic heterocycles. The van der Waals surface area contributed by atoms with Crippen LogP contribution in [0.3, 0.4) is 0 Å². The van der Waals surface area contributed by atoms with E-state index in [-0.39, 0.29) is 12.3 Å². The van der Waals surface area contributed by atoms with E-state index in [4.69, 9.17) is 0 Å². The van der Waals surface area contributed by atoms with Crippen molar-refractivity contribution in [2.24, 2.45) is 0 Å². The van der Waals surface area contributed by atoms with Gasteiger partial charge in [-0.2, -0.15) is 5.10 Å². The molecule has 1 N–H and O–H groups in total. The van der Waals surface area contributed by atoms with E-state index in [2.05, 4.69) is 20.4 Å². The molecule has 0 aliphatic carbocycles. The number of anilines is 1. The van der Waals surface area contributed by atoms with E-state index in [1.807, 2.05) is 46.4 Å². The number of amides is 1. The molecular weight excluding hydrogens is 312 g/mol. The Labute approximate surface area is 135 Å². The Morgan fingerprint density at radius 1 is 1.30 bits per heavy atom. The third-order valence-electron chi connectivity index (χ3n) is 3.33. The Morgan fingerprint density at radius 2 is 2.22 bits per heavy atom. The van der Waals surface area contributed by atoms with Gasteiger partial charge in [-0.3, -0.25) is 9.20 Å². The van der Waals surface area contributed by atoms with Crippen molar-refractivity contribution in [1.29, 1.82) is 0 Å². The van der Waals surface area contributed by atoms with Crippen LogP contribution in [0, 0.1) is 0 Å². The van der Waals surface area contributed by atoms with Crippen molar-refractivity contribution in [2.45, 2.75) is 6.42 Å². The third kappa shape index (κ3) is 2.71. The summed E-state index contributed by atoms with van der Waals surface area (Å²) in [5, 5.41) is 8.97. The van der Waals surface area contributed by atoms with Gasteiger partial charge in [0.2, 0.25) is 5.91 Å². The number of para-hydroxylation sites is 2. The number of imidazole rings is 1. The van der Waals surface area contributed by atoms with Crippen molar-refractivity contribution in [3.8, 4) is 5.69 Å². The number of thiazole rings is 1. The zero-order valence-corrected chi connectivity index (χ0v) is 12.8. The SMILES string of the molecule is O=C(Cc1cn2ccsc2n1)Nc1ccccc1-n1cncn1. The van der Waals surface area contributed by atoms with Crippen molar-refractivity contribution in [1.82, 2.24) is 24.1 Å². The van der Waals surface area contributed by atoms with E-state index in [9.17, 15) is 4.79 Å². The van der Waals surface area contributed by atoms with Crippen LogP contribution in [-0.2, 0) is 11.2 Å². The van der Waals surface area contributed by atoms with Crippen molar-refractivity contribution in [3.05, 3.63) is 60.4 Å². The van der Waals surface area contributed by atoms with Gasteiger partial charge in [0.1, 0.15) is 12.7 Å². The fourth-order valence-electron chi connectivity index (χ4n) is 2.33. The smallest absolute Gasteiger partial charge is 0.230 e. The van der Waals surface area contributed by atoms with Crippen LogP contribution in [0.15, 0.2) is 54.7 Å². The summed E-state index contributed by atoms with van der Waals surface area (Å²) >= 11 is 1.54. The zero-order valence-electron chi connectivity index (χ0n) is 12.0. The fraction of sp³-hybridized carbons (Fsp3) is 0.0667. The molecule has 114 valence electrons. The van der Waals surface area contributed by atoms with E-state index in [0.717, 1.165) is 16.3 Å². The van der Waals surface area contributed by atoms with Gasteiger partial charge in [-0.05, 0) is 12.1 Å². The Bertz CT molecular complexity index is 927. The molecule has 0 saturated carbocycles. The van der Waals surface area contributed by atoms with E-state index in [1.165, 1.54) is 6.33 Å². The number of hydrogen-bond donors (Lipinski definition) is 1. The number of hydrogen-bond acceptors (Lipinski definition) is 5. The summed E-state index contributed by atoms with van der Waals surface area (Å²) in [7, 11) is 0. The molecule has 0 unspecified atom stereocenters. The number of benzene rings is 1. The summed E-state index contributed by atoms with van der Waals surface area (Å²) < 4.78 is 3.53. The second kappa shape index (κ2) is 5.65. The van der Waals surface area contributed by atoms with Gasteiger partial charge >= 0.3 is 0 Å². The first-order valence-corrected chi connectivity index (χ1v) is 7.82. The molecule has 23 heavy (non-hydrogen) atoms. The summed E-state index contributed by atoms with van der Waals surface area (Å²) in [6.45, 7) is 0. The van der Waals surface area contributed by atoms with Crippen LogP contribution in [-0.4, -0.2) is 30.1 Å². The number of carbonyl (C=O) groups is 1. The monoisotopic (exact) mass is 324 g/mol. The molecular formula is C15H12N6OS. The first-order chi connectivity index (χ1) is 11.3.